The van der Waals surface area contributed by atoms with Crippen LogP contribution in [0.2, 0.25) is 0 Å². The Hall–Kier alpha value is -0.120. The Morgan fingerprint density at radius 2 is 2.36 bits per heavy atom. The lowest BCUT2D eigenvalue weighted by Gasteiger charge is -2.29. The van der Waals surface area contributed by atoms with Crippen molar-refractivity contribution in [3.05, 3.63) is 0 Å². The maximum atomic E-state index is 5.50. The van der Waals surface area contributed by atoms with Crippen molar-refractivity contribution in [3.63, 3.8) is 0 Å². The number of methoxy groups -OCH3 is 1. The molecule has 3 heteroatoms. The topological polar surface area (TPSA) is 30.5 Å². The van der Waals surface area contributed by atoms with E-state index >= 15 is 0 Å². The highest BCUT2D eigenvalue weighted by Crippen LogP contribution is 2.13. The normalized spacial score (nSPS) is 30.2. The molecule has 84 valence electrons. The van der Waals surface area contributed by atoms with Crippen molar-refractivity contribution in [2.24, 2.45) is 5.92 Å². The zero-order valence-electron chi connectivity index (χ0n) is 9.58. The van der Waals surface area contributed by atoms with Gasteiger partial charge >= 0.3 is 0 Å². The first kappa shape index (κ1) is 12.0. The molecule has 1 fully saturated rings. The average molecular weight is 201 g/mol. The highest BCUT2D eigenvalue weighted by atomic mass is 16.5. The summed E-state index contributed by atoms with van der Waals surface area (Å²) in [6.07, 6.45) is 2.70. The van der Waals surface area contributed by atoms with Crippen molar-refractivity contribution in [1.29, 1.82) is 0 Å². The first-order valence-electron chi connectivity index (χ1n) is 5.56. The molecule has 14 heavy (non-hydrogen) atoms. The third kappa shape index (κ3) is 4.40. The zero-order valence-corrected chi connectivity index (χ0v) is 9.58. The number of ether oxygens (including phenoxy) is 2. The van der Waals surface area contributed by atoms with Gasteiger partial charge < -0.3 is 14.8 Å². The molecule has 3 nitrogen and oxygen atoms in total. The molecule has 0 spiro atoms. The van der Waals surface area contributed by atoms with Gasteiger partial charge in [-0.1, -0.05) is 6.92 Å². The van der Waals surface area contributed by atoms with E-state index in [-0.39, 0.29) is 0 Å². The van der Waals surface area contributed by atoms with E-state index in [0.29, 0.717) is 18.1 Å². The van der Waals surface area contributed by atoms with E-state index < -0.39 is 0 Å². The molecule has 0 amide bonds. The number of nitrogens with one attached hydrogen (secondary N) is 1. The Morgan fingerprint density at radius 1 is 1.57 bits per heavy atom. The Balaban J connectivity index is 2.10. The monoisotopic (exact) mass is 201 g/mol. The molecule has 0 aromatic carbocycles. The van der Waals surface area contributed by atoms with E-state index in [2.05, 4.69) is 19.2 Å². The molecule has 0 aliphatic carbocycles. The minimum atomic E-state index is 0.416. The fraction of sp³-hybridized carbons (Fsp3) is 1.00. The average Bonchev–Trinajstić information content (AvgIpc) is 2.15. The molecule has 1 saturated heterocycles. The Morgan fingerprint density at radius 3 is 3.00 bits per heavy atom. The van der Waals surface area contributed by atoms with Crippen LogP contribution in [0, 0.1) is 5.92 Å². The SMILES string of the molecule is COCC(C)CNC1CCOC(C)C1. The summed E-state index contributed by atoms with van der Waals surface area (Å²) in [7, 11) is 1.76. The lowest BCUT2D eigenvalue weighted by Crippen LogP contribution is -2.40. The lowest BCUT2D eigenvalue weighted by atomic mass is 10.0. The molecule has 1 aliphatic heterocycles. The molecular formula is C11H23NO2. The Labute approximate surface area is 87.2 Å². The van der Waals surface area contributed by atoms with Crippen molar-refractivity contribution in [2.75, 3.05) is 26.9 Å². The van der Waals surface area contributed by atoms with Gasteiger partial charge in [-0.15, -0.1) is 0 Å². The predicted octanol–water partition coefficient (Wildman–Crippen LogP) is 1.43. The summed E-state index contributed by atoms with van der Waals surface area (Å²) in [5.41, 5.74) is 0. The molecule has 3 atom stereocenters. The summed E-state index contributed by atoms with van der Waals surface area (Å²) in [6, 6.07) is 0.637. The molecule has 1 aliphatic rings. The second kappa shape index (κ2) is 6.38. The van der Waals surface area contributed by atoms with Crippen LogP contribution in [0.15, 0.2) is 0 Å². The molecule has 0 saturated carbocycles. The summed E-state index contributed by atoms with van der Waals surface area (Å²) in [5, 5.41) is 3.58. The molecule has 1 N–H and O–H groups in total. The van der Waals surface area contributed by atoms with Gasteiger partial charge in [-0.2, -0.15) is 0 Å². The molecule has 0 aromatic rings. The maximum absolute atomic E-state index is 5.50. The molecule has 3 unspecified atom stereocenters. The first-order valence-corrected chi connectivity index (χ1v) is 5.56. The van der Waals surface area contributed by atoms with Gasteiger partial charge in [0.2, 0.25) is 0 Å². The lowest BCUT2D eigenvalue weighted by molar-refractivity contribution is 0.0122. The smallest absolute Gasteiger partial charge is 0.0561 e. The quantitative estimate of drug-likeness (QED) is 0.730. The highest BCUT2D eigenvalue weighted by Gasteiger charge is 2.18. The molecule has 1 heterocycles. The standard InChI is InChI=1S/C11H23NO2/c1-9(8-13-3)7-12-11-4-5-14-10(2)6-11/h9-12H,4-8H2,1-3H3. The third-order valence-corrected chi connectivity index (χ3v) is 2.69. The van der Waals surface area contributed by atoms with Gasteiger partial charge in [-0.05, 0) is 25.7 Å². The minimum absolute atomic E-state index is 0.416. The van der Waals surface area contributed by atoms with Crippen molar-refractivity contribution < 1.29 is 9.47 Å². The Bertz CT molecular complexity index is 152. The van der Waals surface area contributed by atoms with Crippen LogP contribution < -0.4 is 5.32 Å². The van der Waals surface area contributed by atoms with Gasteiger partial charge in [-0.25, -0.2) is 0 Å². The summed E-state index contributed by atoms with van der Waals surface area (Å²) in [4.78, 5) is 0. The fourth-order valence-electron chi connectivity index (χ4n) is 1.89. The van der Waals surface area contributed by atoms with Crippen molar-refractivity contribution >= 4 is 0 Å². The van der Waals surface area contributed by atoms with Crippen molar-refractivity contribution in [2.45, 2.75) is 38.8 Å². The molecular weight excluding hydrogens is 178 g/mol. The zero-order chi connectivity index (χ0) is 10.4. The van der Waals surface area contributed by atoms with E-state index in [1.807, 2.05) is 0 Å². The van der Waals surface area contributed by atoms with Crippen LogP contribution in [0.1, 0.15) is 26.7 Å². The van der Waals surface area contributed by atoms with Crippen LogP contribution in [-0.2, 0) is 9.47 Å². The van der Waals surface area contributed by atoms with E-state index in [9.17, 15) is 0 Å². The van der Waals surface area contributed by atoms with Gasteiger partial charge in [0.1, 0.15) is 0 Å². The number of hydrogen-bond donors (Lipinski definition) is 1. The van der Waals surface area contributed by atoms with Crippen molar-refractivity contribution in [1.82, 2.24) is 5.32 Å². The number of rotatable bonds is 5. The second-order valence-corrected chi connectivity index (χ2v) is 4.37. The van der Waals surface area contributed by atoms with Crippen LogP contribution >= 0.6 is 0 Å². The third-order valence-electron chi connectivity index (χ3n) is 2.69. The minimum Gasteiger partial charge on any atom is -0.384 e. The van der Waals surface area contributed by atoms with Gasteiger partial charge in [0.05, 0.1) is 6.10 Å². The summed E-state index contributed by atoms with van der Waals surface area (Å²) in [5.74, 6) is 0.596. The van der Waals surface area contributed by atoms with Crippen LogP contribution in [-0.4, -0.2) is 39.0 Å². The Kier molecular flexibility index (Phi) is 5.45. The fourth-order valence-corrected chi connectivity index (χ4v) is 1.89. The summed E-state index contributed by atoms with van der Waals surface area (Å²) >= 11 is 0. The van der Waals surface area contributed by atoms with Gasteiger partial charge in [0, 0.05) is 32.9 Å². The predicted molar refractivity (Wildman–Crippen MR) is 57.5 cm³/mol. The van der Waals surface area contributed by atoms with Crippen molar-refractivity contribution in [3.8, 4) is 0 Å². The molecule has 0 bridgehead atoms. The van der Waals surface area contributed by atoms with Crippen LogP contribution in [0.4, 0.5) is 0 Å². The van der Waals surface area contributed by atoms with E-state index in [1.54, 1.807) is 7.11 Å². The van der Waals surface area contributed by atoms with E-state index in [1.165, 1.54) is 0 Å². The van der Waals surface area contributed by atoms with Gasteiger partial charge in [-0.3, -0.25) is 0 Å². The van der Waals surface area contributed by atoms with E-state index in [0.717, 1.165) is 32.6 Å². The summed E-state index contributed by atoms with van der Waals surface area (Å²) < 4.78 is 10.6. The summed E-state index contributed by atoms with van der Waals surface area (Å²) in [6.45, 7) is 7.14. The molecule has 0 aromatic heterocycles. The van der Waals surface area contributed by atoms with E-state index in [4.69, 9.17) is 9.47 Å². The second-order valence-electron chi connectivity index (χ2n) is 4.37. The van der Waals surface area contributed by atoms with Gasteiger partial charge in [0.25, 0.3) is 0 Å². The van der Waals surface area contributed by atoms with Crippen LogP contribution in [0.3, 0.4) is 0 Å². The maximum Gasteiger partial charge on any atom is 0.0561 e. The first-order chi connectivity index (χ1) is 6.72. The van der Waals surface area contributed by atoms with Crippen LogP contribution in [0.5, 0.6) is 0 Å². The van der Waals surface area contributed by atoms with Gasteiger partial charge in [0.15, 0.2) is 0 Å². The molecule has 1 rings (SSSR count). The molecule has 0 radical (unpaired) electrons. The highest BCUT2D eigenvalue weighted by molar-refractivity contribution is 4.75. The largest absolute Gasteiger partial charge is 0.384 e. The number of hydrogen-bond acceptors (Lipinski definition) is 3. The van der Waals surface area contributed by atoms with Crippen LogP contribution in [0.25, 0.3) is 0 Å².